The summed E-state index contributed by atoms with van der Waals surface area (Å²) < 4.78 is 0. The lowest BCUT2D eigenvalue weighted by molar-refractivity contribution is 0.0963. The van der Waals surface area contributed by atoms with E-state index in [4.69, 9.17) is 5.73 Å². The molecule has 6 nitrogen and oxygen atoms in total. The van der Waals surface area contributed by atoms with Gasteiger partial charge in [0.15, 0.2) is 5.96 Å². The van der Waals surface area contributed by atoms with E-state index >= 15 is 0 Å². The summed E-state index contributed by atoms with van der Waals surface area (Å²) in [6, 6.07) is 13.1. The molecule has 1 heterocycles. The maximum absolute atomic E-state index is 11.5. The molecule has 24 heavy (non-hydrogen) atoms. The third kappa shape index (κ3) is 6.53. The van der Waals surface area contributed by atoms with Gasteiger partial charge in [0.2, 0.25) is 0 Å². The minimum atomic E-state index is -0.101. The summed E-state index contributed by atoms with van der Waals surface area (Å²) >= 11 is 0. The van der Waals surface area contributed by atoms with Gasteiger partial charge in [0.25, 0.3) is 5.91 Å². The molecular weight excluding hydrogens is 417 g/mol. The van der Waals surface area contributed by atoms with Gasteiger partial charge in [-0.25, -0.2) is 4.99 Å². The summed E-state index contributed by atoms with van der Waals surface area (Å²) in [6.45, 7) is 1.15. The second-order valence-corrected chi connectivity index (χ2v) is 4.98. The highest BCUT2D eigenvalue weighted by atomic mass is 127. The molecule has 0 fully saturated rings. The Morgan fingerprint density at radius 1 is 1.21 bits per heavy atom. The molecular formula is C17H22IN5O. The van der Waals surface area contributed by atoms with Gasteiger partial charge in [0, 0.05) is 37.5 Å². The molecule has 0 unspecified atom stereocenters. The molecule has 1 amide bonds. The van der Waals surface area contributed by atoms with Crippen molar-refractivity contribution in [2.75, 3.05) is 13.6 Å². The molecule has 0 saturated heterocycles. The van der Waals surface area contributed by atoms with E-state index in [1.54, 1.807) is 25.4 Å². The molecule has 1 aromatic heterocycles. The van der Waals surface area contributed by atoms with Gasteiger partial charge >= 0.3 is 0 Å². The lowest BCUT2D eigenvalue weighted by atomic mass is 10.1. The van der Waals surface area contributed by atoms with Crippen LogP contribution in [0.4, 0.5) is 0 Å². The van der Waals surface area contributed by atoms with E-state index in [1.165, 1.54) is 0 Å². The normalized spacial score (nSPS) is 10.6. The number of carbonyl (C=O) groups is 1. The number of aliphatic imine (C=N–C) groups is 1. The Bertz CT molecular complexity index is 658. The number of nitrogens with two attached hydrogens (primary N) is 1. The summed E-state index contributed by atoms with van der Waals surface area (Å²) in [5.74, 6) is 0.298. The summed E-state index contributed by atoms with van der Waals surface area (Å²) in [7, 11) is 1.61. The maximum atomic E-state index is 11.5. The predicted octanol–water partition coefficient (Wildman–Crippen LogP) is 1.71. The molecule has 1 aromatic carbocycles. The molecule has 0 aliphatic rings. The molecule has 0 radical (unpaired) electrons. The standard InChI is InChI=1S/C17H21N5O.HI/c1-19-16(23)14-7-5-13(6-8-14)12-22-17(18)21-11-9-15-4-2-3-10-20-15;/h2-8,10H,9,11-12H2,1H3,(H,19,23)(H3,18,21,22);1H. The maximum Gasteiger partial charge on any atom is 0.251 e. The Kier molecular flexibility index (Phi) is 8.77. The van der Waals surface area contributed by atoms with Gasteiger partial charge in [0.1, 0.15) is 0 Å². The van der Waals surface area contributed by atoms with Crippen LogP contribution in [0, 0.1) is 0 Å². The number of rotatable bonds is 6. The zero-order chi connectivity index (χ0) is 16.5. The van der Waals surface area contributed by atoms with Gasteiger partial charge < -0.3 is 16.4 Å². The molecule has 0 bridgehead atoms. The first-order valence-corrected chi connectivity index (χ1v) is 7.44. The second kappa shape index (κ2) is 10.6. The summed E-state index contributed by atoms with van der Waals surface area (Å²) in [5.41, 5.74) is 8.47. The van der Waals surface area contributed by atoms with Gasteiger partial charge in [-0.15, -0.1) is 24.0 Å². The topological polar surface area (TPSA) is 92.4 Å². The number of carbonyl (C=O) groups excluding carboxylic acids is 1. The van der Waals surface area contributed by atoms with Crippen LogP contribution in [0.3, 0.4) is 0 Å². The first kappa shape index (κ1) is 19.9. The van der Waals surface area contributed by atoms with E-state index in [1.807, 2.05) is 30.3 Å². The van der Waals surface area contributed by atoms with Crippen LogP contribution in [0.5, 0.6) is 0 Å². The van der Waals surface area contributed by atoms with Crippen molar-refractivity contribution < 1.29 is 4.79 Å². The fraction of sp³-hybridized carbons (Fsp3) is 0.235. The molecule has 4 N–H and O–H groups in total. The highest BCUT2D eigenvalue weighted by molar-refractivity contribution is 14.0. The van der Waals surface area contributed by atoms with Crippen LogP contribution in [0.2, 0.25) is 0 Å². The number of pyridine rings is 1. The Balaban J connectivity index is 0.00000288. The van der Waals surface area contributed by atoms with Crippen molar-refractivity contribution in [1.29, 1.82) is 0 Å². The molecule has 2 aromatic rings. The van der Waals surface area contributed by atoms with Crippen LogP contribution >= 0.6 is 24.0 Å². The zero-order valence-electron chi connectivity index (χ0n) is 13.5. The van der Waals surface area contributed by atoms with Gasteiger partial charge in [-0.3, -0.25) is 9.78 Å². The summed E-state index contributed by atoms with van der Waals surface area (Å²) in [6.07, 6.45) is 2.56. The lowest BCUT2D eigenvalue weighted by Crippen LogP contribution is -2.33. The predicted molar refractivity (Wildman–Crippen MR) is 107 cm³/mol. The van der Waals surface area contributed by atoms with Crippen LogP contribution in [-0.4, -0.2) is 30.4 Å². The number of halogens is 1. The number of amides is 1. The minimum Gasteiger partial charge on any atom is -0.370 e. The smallest absolute Gasteiger partial charge is 0.251 e. The Morgan fingerprint density at radius 3 is 2.58 bits per heavy atom. The fourth-order valence-corrected chi connectivity index (χ4v) is 2.00. The lowest BCUT2D eigenvalue weighted by Gasteiger charge is -2.06. The van der Waals surface area contributed by atoms with E-state index in [0.717, 1.165) is 17.7 Å². The Morgan fingerprint density at radius 2 is 1.96 bits per heavy atom. The van der Waals surface area contributed by atoms with Crippen molar-refractivity contribution in [3.8, 4) is 0 Å². The first-order valence-electron chi connectivity index (χ1n) is 7.44. The SMILES string of the molecule is CNC(=O)c1ccc(CN=C(N)NCCc2ccccn2)cc1.I. The fourth-order valence-electron chi connectivity index (χ4n) is 2.00. The number of nitrogens with zero attached hydrogens (tertiary/aromatic N) is 2. The second-order valence-electron chi connectivity index (χ2n) is 4.98. The van der Waals surface area contributed by atoms with E-state index < -0.39 is 0 Å². The number of benzene rings is 1. The van der Waals surface area contributed by atoms with Crippen LogP contribution in [0.25, 0.3) is 0 Å². The summed E-state index contributed by atoms with van der Waals surface area (Å²) in [4.78, 5) is 20.0. The van der Waals surface area contributed by atoms with Crippen molar-refractivity contribution in [3.05, 3.63) is 65.5 Å². The van der Waals surface area contributed by atoms with Gasteiger partial charge in [-0.2, -0.15) is 0 Å². The number of hydrogen-bond acceptors (Lipinski definition) is 3. The quantitative estimate of drug-likeness (QED) is 0.363. The molecule has 128 valence electrons. The number of hydrogen-bond donors (Lipinski definition) is 3. The van der Waals surface area contributed by atoms with Gasteiger partial charge in [0.05, 0.1) is 6.54 Å². The van der Waals surface area contributed by atoms with Crippen molar-refractivity contribution in [2.24, 2.45) is 10.7 Å². The van der Waals surface area contributed by atoms with E-state index in [0.29, 0.717) is 24.6 Å². The van der Waals surface area contributed by atoms with Gasteiger partial charge in [-0.1, -0.05) is 18.2 Å². The van der Waals surface area contributed by atoms with E-state index in [9.17, 15) is 4.79 Å². The number of aromatic nitrogens is 1. The third-order valence-corrected chi connectivity index (χ3v) is 3.29. The monoisotopic (exact) mass is 439 g/mol. The van der Waals surface area contributed by atoms with E-state index in [-0.39, 0.29) is 29.9 Å². The van der Waals surface area contributed by atoms with Crippen molar-refractivity contribution in [2.45, 2.75) is 13.0 Å². The van der Waals surface area contributed by atoms with Crippen LogP contribution in [0.1, 0.15) is 21.6 Å². The zero-order valence-corrected chi connectivity index (χ0v) is 15.9. The van der Waals surface area contributed by atoms with Crippen molar-refractivity contribution in [3.63, 3.8) is 0 Å². The van der Waals surface area contributed by atoms with Crippen LogP contribution in [-0.2, 0) is 13.0 Å². The highest BCUT2D eigenvalue weighted by Gasteiger charge is 2.02. The summed E-state index contributed by atoms with van der Waals surface area (Å²) in [5, 5.41) is 5.65. The molecule has 0 aliphatic carbocycles. The van der Waals surface area contributed by atoms with Crippen molar-refractivity contribution in [1.82, 2.24) is 15.6 Å². The Hall–Kier alpha value is -2.16. The van der Waals surface area contributed by atoms with E-state index in [2.05, 4.69) is 20.6 Å². The average molecular weight is 439 g/mol. The minimum absolute atomic E-state index is 0. The van der Waals surface area contributed by atoms with Crippen LogP contribution in [0.15, 0.2) is 53.7 Å². The van der Waals surface area contributed by atoms with Crippen LogP contribution < -0.4 is 16.4 Å². The number of nitrogens with one attached hydrogen (secondary N) is 2. The average Bonchev–Trinajstić information content (AvgIpc) is 2.60. The first-order chi connectivity index (χ1) is 11.2. The molecule has 0 spiro atoms. The molecule has 0 atom stereocenters. The highest BCUT2D eigenvalue weighted by Crippen LogP contribution is 2.05. The largest absolute Gasteiger partial charge is 0.370 e. The third-order valence-electron chi connectivity index (χ3n) is 3.29. The van der Waals surface area contributed by atoms with Crippen molar-refractivity contribution >= 4 is 35.8 Å². The molecule has 7 heteroatoms. The molecule has 0 saturated carbocycles. The molecule has 0 aliphatic heterocycles. The van der Waals surface area contributed by atoms with Gasteiger partial charge in [-0.05, 0) is 29.8 Å². The number of guanidine groups is 1. The molecule has 2 rings (SSSR count). The Labute approximate surface area is 159 Å².